The van der Waals surface area contributed by atoms with E-state index in [1.165, 1.54) is 11.3 Å². The lowest BCUT2D eigenvalue weighted by Gasteiger charge is -2.25. The summed E-state index contributed by atoms with van der Waals surface area (Å²) >= 11 is 0. The van der Waals surface area contributed by atoms with Gasteiger partial charge in [-0.1, -0.05) is 31.5 Å². The zero-order valence-electron chi connectivity index (χ0n) is 11.7. The molecule has 0 N–H and O–H groups in total. The first-order chi connectivity index (χ1) is 8.17. The molecule has 0 saturated carbocycles. The molecule has 0 fully saturated rings. The fourth-order valence-corrected chi connectivity index (χ4v) is 2.26. The lowest BCUT2D eigenvalue weighted by molar-refractivity contribution is 0.397. The molecule has 0 amide bonds. The van der Waals surface area contributed by atoms with Gasteiger partial charge in [-0.15, -0.1) is 0 Å². The Balaban J connectivity index is 3.11. The van der Waals surface area contributed by atoms with Crippen LogP contribution in [0.4, 0.5) is 5.82 Å². The topological polar surface area (TPSA) is 29.3 Å². The van der Waals surface area contributed by atoms with Crippen molar-refractivity contribution in [3.63, 3.8) is 0 Å². The predicted molar refractivity (Wildman–Crippen MR) is 72.2 cm³/mol. The van der Waals surface area contributed by atoms with E-state index in [0.29, 0.717) is 0 Å². The number of rotatable bonds is 6. The van der Waals surface area contributed by atoms with Crippen LogP contribution in [0.15, 0.2) is 21.9 Å². The van der Waals surface area contributed by atoms with Gasteiger partial charge in [-0.25, -0.2) is 0 Å². The van der Waals surface area contributed by atoms with Crippen LogP contribution in [-0.4, -0.2) is 11.7 Å². The van der Waals surface area contributed by atoms with E-state index in [9.17, 15) is 0 Å². The summed E-state index contributed by atoms with van der Waals surface area (Å²) in [6.45, 7) is 11.7. The van der Waals surface area contributed by atoms with Gasteiger partial charge < -0.3 is 9.42 Å². The Morgan fingerprint density at radius 3 is 2.18 bits per heavy atom. The maximum atomic E-state index is 5.17. The molecule has 0 aliphatic heterocycles. The molecule has 96 valence electrons. The fraction of sp³-hybridized carbons (Fsp3) is 0.643. The van der Waals surface area contributed by atoms with Crippen molar-refractivity contribution in [3.8, 4) is 0 Å². The highest BCUT2D eigenvalue weighted by atomic mass is 16.5. The minimum Gasteiger partial charge on any atom is -0.360 e. The molecule has 0 unspecified atom stereocenters. The molecule has 17 heavy (non-hydrogen) atoms. The van der Waals surface area contributed by atoms with E-state index in [1.54, 1.807) is 0 Å². The van der Waals surface area contributed by atoms with Crippen molar-refractivity contribution < 1.29 is 4.52 Å². The molecule has 0 aromatic carbocycles. The molecule has 3 nitrogen and oxygen atoms in total. The molecule has 0 aliphatic carbocycles. The van der Waals surface area contributed by atoms with E-state index in [1.807, 2.05) is 13.0 Å². The van der Waals surface area contributed by atoms with Crippen molar-refractivity contribution in [2.24, 2.45) is 0 Å². The monoisotopic (exact) mass is 236 g/mol. The van der Waals surface area contributed by atoms with Gasteiger partial charge in [0.25, 0.3) is 0 Å². The second-order valence-electron chi connectivity index (χ2n) is 4.15. The van der Waals surface area contributed by atoms with Gasteiger partial charge >= 0.3 is 0 Å². The van der Waals surface area contributed by atoms with Crippen LogP contribution in [0.1, 0.15) is 52.7 Å². The van der Waals surface area contributed by atoms with Gasteiger partial charge in [-0.3, -0.25) is 0 Å². The van der Waals surface area contributed by atoms with Gasteiger partial charge in [-0.2, -0.15) is 0 Å². The number of hydrogen-bond donors (Lipinski definition) is 0. The number of hydrogen-bond acceptors (Lipinski definition) is 3. The molecule has 0 aliphatic rings. The smallest absolute Gasteiger partial charge is 0.176 e. The molecule has 0 atom stereocenters. The minimum atomic E-state index is 0.864. The van der Waals surface area contributed by atoms with E-state index >= 15 is 0 Å². The predicted octanol–water partition coefficient (Wildman–Crippen LogP) is 4.29. The zero-order valence-corrected chi connectivity index (χ0v) is 11.7. The average molecular weight is 236 g/mol. The van der Waals surface area contributed by atoms with Crippen LogP contribution in [-0.2, 0) is 0 Å². The summed E-state index contributed by atoms with van der Waals surface area (Å²) in [4.78, 5) is 2.26. The molecule has 0 bridgehead atoms. The van der Waals surface area contributed by atoms with E-state index < -0.39 is 0 Å². The van der Waals surface area contributed by atoms with Crippen molar-refractivity contribution in [2.45, 2.75) is 53.9 Å². The molecular weight excluding hydrogens is 212 g/mol. The van der Waals surface area contributed by atoms with E-state index in [0.717, 1.165) is 37.4 Å². The number of aromatic nitrogens is 1. The number of anilines is 1. The van der Waals surface area contributed by atoms with Gasteiger partial charge in [0.2, 0.25) is 0 Å². The molecule has 3 heteroatoms. The van der Waals surface area contributed by atoms with Crippen LogP contribution in [0, 0.1) is 6.92 Å². The Kier molecular flexibility index (Phi) is 5.26. The summed E-state index contributed by atoms with van der Waals surface area (Å²) in [7, 11) is 0. The third-order valence-electron chi connectivity index (χ3n) is 3.13. The maximum Gasteiger partial charge on any atom is 0.176 e. The SMILES string of the molecule is CCC(CC)=C(CC)N(CC)c1cc(C)on1. The Morgan fingerprint density at radius 1 is 1.18 bits per heavy atom. The molecular formula is C14H24N2O. The maximum absolute atomic E-state index is 5.17. The van der Waals surface area contributed by atoms with Crippen LogP contribution in [0.25, 0.3) is 0 Å². The highest BCUT2D eigenvalue weighted by molar-refractivity contribution is 5.46. The van der Waals surface area contributed by atoms with Crippen LogP contribution in [0.5, 0.6) is 0 Å². The first-order valence-electron chi connectivity index (χ1n) is 6.59. The molecule has 1 rings (SSSR count). The summed E-state index contributed by atoms with van der Waals surface area (Å²) < 4.78 is 5.17. The molecule has 0 radical (unpaired) electrons. The number of aryl methyl sites for hydroxylation is 1. The van der Waals surface area contributed by atoms with Crippen LogP contribution >= 0.6 is 0 Å². The first kappa shape index (κ1) is 13.8. The number of nitrogens with zero attached hydrogens (tertiary/aromatic N) is 2. The summed E-state index contributed by atoms with van der Waals surface area (Å²) in [6.07, 6.45) is 3.25. The Hall–Kier alpha value is -1.25. The first-order valence-corrected chi connectivity index (χ1v) is 6.59. The van der Waals surface area contributed by atoms with Crippen molar-refractivity contribution in [3.05, 3.63) is 23.1 Å². The fourth-order valence-electron chi connectivity index (χ4n) is 2.26. The van der Waals surface area contributed by atoms with Crippen molar-refractivity contribution >= 4 is 5.82 Å². The summed E-state index contributed by atoms with van der Waals surface area (Å²) in [5.41, 5.74) is 2.90. The zero-order chi connectivity index (χ0) is 12.8. The highest BCUT2D eigenvalue weighted by Gasteiger charge is 2.15. The van der Waals surface area contributed by atoms with Gasteiger partial charge in [0.1, 0.15) is 5.76 Å². The quantitative estimate of drug-likeness (QED) is 0.737. The lowest BCUT2D eigenvalue weighted by atomic mass is 10.1. The Bertz CT molecular complexity index is 373. The lowest BCUT2D eigenvalue weighted by Crippen LogP contribution is -2.23. The normalized spacial score (nSPS) is 10.4. The third kappa shape index (κ3) is 3.11. The second kappa shape index (κ2) is 6.48. The van der Waals surface area contributed by atoms with Crippen molar-refractivity contribution in [1.29, 1.82) is 0 Å². The van der Waals surface area contributed by atoms with Crippen LogP contribution < -0.4 is 4.90 Å². The van der Waals surface area contributed by atoms with Gasteiger partial charge in [0, 0.05) is 18.3 Å². The molecule has 1 aromatic heterocycles. The van der Waals surface area contributed by atoms with E-state index in [-0.39, 0.29) is 0 Å². The van der Waals surface area contributed by atoms with Crippen molar-refractivity contribution in [1.82, 2.24) is 5.16 Å². The summed E-state index contributed by atoms with van der Waals surface area (Å²) in [5, 5.41) is 4.12. The average Bonchev–Trinajstić information content (AvgIpc) is 2.76. The largest absolute Gasteiger partial charge is 0.360 e. The minimum absolute atomic E-state index is 0.864. The van der Waals surface area contributed by atoms with Gasteiger partial charge in [0.15, 0.2) is 5.82 Å². The highest BCUT2D eigenvalue weighted by Crippen LogP contribution is 2.25. The standard InChI is InChI=1S/C14H24N2O/c1-6-12(7-2)13(8-3)16(9-4)14-10-11(5)17-15-14/h10H,6-9H2,1-5H3. The van der Waals surface area contributed by atoms with E-state index in [4.69, 9.17) is 4.52 Å². The van der Waals surface area contributed by atoms with Crippen LogP contribution in [0.3, 0.4) is 0 Å². The van der Waals surface area contributed by atoms with Crippen molar-refractivity contribution in [2.75, 3.05) is 11.4 Å². The molecule has 0 saturated heterocycles. The Labute approximate surface area is 104 Å². The summed E-state index contributed by atoms with van der Waals surface area (Å²) in [6, 6.07) is 2.00. The van der Waals surface area contributed by atoms with Gasteiger partial charge in [-0.05, 0) is 33.1 Å². The van der Waals surface area contributed by atoms with Gasteiger partial charge in [0.05, 0.1) is 0 Å². The number of allylic oxidation sites excluding steroid dienone is 2. The Morgan fingerprint density at radius 2 is 1.82 bits per heavy atom. The molecule has 0 spiro atoms. The van der Waals surface area contributed by atoms with E-state index in [2.05, 4.69) is 37.8 Å². The second-order valence-corrected chi connectivity index (χ2v) is 4.15. The van der Waals surface area contributed by atoms with Crippen LogP contribution in [0.2, 0.25) is 0 Å². The molecule has 1 heterocycles. The molecule has 1 aromatic rings. The third-order valence-corrected chi connectivity index (χ3v) is 3.13. The summed E-state index contributed by atoms with van der Waals surface area (Å²) in [5.74, 6) is 1.80.